The van der Waals surface area contributed by atoms with Crippen molar-refractivity contribution in [2.45, 2.75) is 11.8 Å². The molecule has 74 valence electrons. The average molecular weight is 352 g/mol. The van der Waals surface area contributed by atoms with Gasteiger partial charge in [0.05, 0.1) is 8.61 Å². The van der Waals surface area contributed by atoms with Crippen molar-refractivity contribution in [3.63, 3.8) is 0 Å². The molecule has 2 rings (SSSR count). The van der Waals surface area contributed by atoms with E-state index in [9.17, 15) is 0 Å². The summed E-state index contributed by atoms with van der Waals surface area (Å²) < 4.78 is 1.23. The lowest BCUT2D eigenvalue weighted by atomic mass is 10.2. The lowest BCUT2D eigenvalue weighted by Gasteiger charge is -2.02. The van der Waals surface area contributed by atoms with Gasteiger partial charge in [0.1, 0.15) is 0 Å². The molecule has 0 spiro atoms. The molecule has 1 atom stereocenters. The molecule has 0 bridgehead atoms. The molecule has 0 aliphatic rings. The maximum Gasteiger partial charge on any atom is 0.0831 e. The van der Waals surface area contributed by atoms with E-state index in [1.54, 1.807) is 22.7 Å². The molecule has 0 aromatic carbocycles. The van der Waals surface area contributed by atoms with Crippen molar-refractivity contribution < 1.29 is 0 Å². The fourth-order valence-corrected chi connectivity index (χ4v) is 4.43. The SMILES string of the molecule is Cc1cc(C(Br)c2cccs2)sc1Br. The van der Waals surface area contributed by atoms with Crippen LogP contribution in [0.5, 0.6) is 0 Å². The third-order valence-corrected chi connectivity index (χ3v) is 6.65. The van der Waals surface area contributed by atoms with E-state index in [0.29, 0.717) is 4.83 Å². The second-order valence-electron chi connectivity index (χ2n) is 2.98. The van der Waals surface area contributed by atoms with Gasteiger partial charge in [0, 0.05) is 9.75 Å². The average Bonchev–Trinajstić information content (AvgIpc) is 2.76. The third-order valence-electron chi connectivity index (χ3n) is 1.92. The Morgan fingerprint density at radius 1 is 1.36 bits per heavy atom. The van der Waals surface area contributed by atoms with Crippen LogP contribution in [0, 0.1) is 6.92 Å². The fraction of sp³-hybridized carbons (Fsp3) is 0.200. The molecule has 4 heteroatoms. The molecule has 0 fully saturated rings. The van der Waals surface area contributed by atoms with Crippen molar-refractivity contribution in [2.75, 3.05) is 0 Å². The topological polar surface area (TPSA) is 0 Å². The summed E-state index contributed by atoms with van der Waals surface area (Å²) in [5, 5.41) is 2.11. The summed E-state index contributed by atoms with van der Waals surface area (Å²) in [5.74, 6) is 0. The molecule has 14 heavy (non-hydrogen) atoms. The first-order valence-electron chi connectivity index (χ1n) is 4.12. The van der Waals surface area contributed by atoms with Crippen LogP contribution in [0.4, 0.5) is 0 Å². The summed E-state index contributed by atoms with van der Waals surface area (Å²) in [6.45, 7) is 2.12. The number of thiophene rings is 2. The van der Waals surface area contributed by atoms with Crippen LogP contribution in [0.2, 0.25) is 0 Å². The lowest BCUT2D eigenvalue weighted by molar-refractivity contribution is 1.28. The second-order valence-corrected chi connectivity index (χ2v) is 7.28. The summed E-state index contributed by atoms with van der Waals surface area (Å²) in [6, 6.07) is 6.48. The van der Waals surface area contributed by atoms with Crippen molar-refractivity contribution >= 4 is 54.5 Å². The maximum atomic E-state index is 3.72. The Balaban J connectivity index is 2.32. The third kappa shape index (κ3) is 2.13. The van der Waals surface area contributed by atoms with E-state index >= 15 is 0 Å². The van der Waals surface area contributed by atoms with E-state index in [2.05, 4.69) is 62.4 Å². The quantitative estimate of drug-likeness (QED) is 0.638. The van der Waals surface area contributed by atoms with Gasteiger partial charge in [-0.05, 0) is 45.9 Å². The molecule has 2 heterocycles. The van der Waals surface area contributed by atoms with E-state index in [1.807, 2.05) is 0 Å². The largest absolute Gasteiger partial charge is 0.147 e. The van der Waals surface area contributed by atoms with E-state index in [-0.39, 0.29) is 0 Å². The molecular weight excluding hydrogens is 344 g/mol. The summed E-state index contributed by atoms with van der Waals surface area (Å²) in [4.78, 5) is 3.06. The number of hydrogen-bond acceptors (Lipinski definition) is 2. The summed E-state index contributed by atoms with van der Waals surface area (Å²) in [5.41, 5.74) is 1.31. The van der Waals surface area contributed by atoms with Gasteiger partial charge in [-0.25, -0.2) is 0 Å². The molecule has 0 amide bonds. The monoisotopic (exact) mass is 350 g/mol. The van der Waals surface area contributed by atoms with Gasteiger partial charge in [0.2, 0.25) is 0 Å². The Kier molecular flexibility index (Phi) is 3.47. The van der Waals surface area contributed by atoms with Gasteiger partial charge in [-0.3, -0.25) is 0 Å². The highest BCUT2D eigenvalue weighted by Crippen LogP contribution is 2.40. The molecule has 1 unspecified atom stereocenters. The van der Waals surface area contributed by atoms with Gasteiger partial charge < -0.3 is 0 Å². The lowest BCUT2D eigenvalue weighted by Crippen LogP contribution is -1.83. The zero-order valence-electron chi connectivity index (χ0n) is 7.46. The smallest absolute Gasteiger partial charge is 0.0831 e. The van der Waals surface area contributed by atoms with Gasteiger partial charge in [-0.2, -0.15) is 0 Å². The number of alkyl halides is 1. The second kappa shape index (κ2) is 4.47. The van der Waals surface area contributed by atoms with Crippen LogP contribution in [0.3, 0.4) is 0 Å². The van der Waals surface area contributed by atoms with Gasteiger partial charge in [-0.1, -0.05) is 22.0 Å². The minimum atomic E-state index is 0.345. The first-order valence-corrected chi connectivity index (χ1v) is 7.52. The van der Waals surface area contributed by atoms with Crippen molar-refractivity contribution in [2.24, 2.45) is 0 Å². The normalized spacial score (nSPS) is 13.1. The van der Waals surface area contributed by atoms with Crippen LogP contribution in [0.15, 0.2) is 27.4 Å². The first kappa shape index (κ1) is 10.9. The number of halogens is 2. The van der Waals surface area contributed by atoms with E-state index in [1.165, 1.54) is 19.1 Å². The van der Waals surface area contributed by atoms with Crippen molar-refractivity contribution in [1.29, 1.82) is 0 Å². The van der Waals surface area contributed by atoms with Crippen molar-refractivity contribution in [3.8, 4) is 0 Å². The number of aryl methyl sites for hydroxylation is 1. The predicted molar refractivity (Wildman–Crippen MR) is 71.8 cm³/mol. The van der Waals surface area contributed by atoms with E-state index in [0.717, 1.165) is 0 Å². The fourth-order valence-electron chi connectivity index (χ4n) is 1.18. The number of hydrogen-bond donors (Lipinski definition) is 0. The van der Waals surface area contributed by atoms with Crippen LogP contribution in [-0.2, 0) is 0 Å². The predicted octanol–water partition coefficient (Wildman–Crippen LogP) is 5.36. The van der Waals surface area contributed by atoms with Gasteiger partial charge in [-0.15, -0.1) is 22.7 Å². The van der Waals surface area contributed by atoms with Crippen LogP contribution >= 0.6 is 54.5 Å². The zero-order valence-corrected chi connectivity index (χ0v) is 12.3. The Morgan fingerprint density at radius 3 is 2.64 bits per heavy atom. The Morgan fingerprint density at radius 2 is 2.14 bits per heavy atom. The van der Waals surface area contributed by atoms with Crippen molar-refractivity contribution in [1.82, 2.24) is 0 Å². The van der Waals surface area contributed by atoms with Crippen LogP contribution < -0.4 is 0 Å². The Bertz CT molecular complexity index is 398. The zero-order chi connectivity index (χ0) is 10.1. The standard InChI is InChI=1S/C10H8Br2S2/c1-6-5-8(14-10(6)12)9(11)7-3-2-4-13-7/h2-5,9H,1H3. The highest BCUT2D eigenvalue weighted by atomic mass is 79.9. The van der Waals surface area contributed by atoms with E-state index in [4.69, 9.17) is 0 Å². The highest BCUT2D eigenvalue weighted by Gasteiger charge is 2.14. The van der Waals surface area contributed by atoms with Crippen LogP contribution in [-0.4, -0.2) is 0 Å². The molecule has 0 saturated heterocycles. The number of rotatable bonds is 2. The first-order chi connectivity index (χ1) is 6.68. The molecule has 0 nitrogen and oxygen atoms in total. The van der Waals surface area contributed by atoms with Gasteiger partial charge in [0.15, 0.2) is 0 Å². The Labute approximate surface area is 108 Å². The minimum Gasteiger partial charge on any atom is -0.147 e. The minimum absolute atomic E-state index is 0.345. The van der Waals surface area contributed by atoms with E-state index < -0.39 is 0 Å². The Hall–Kier alpha value is 0.360. The van der Waals surface area contributed by atoms with Crippen molar-refractivity contribution in [3.05, 3.63) is 42.7 Å². The maximum absolute atomic E-state index is 3.72. The molecule has 2 aromatic rings. The summed E-state index contributed by atoms with van der Waals surface area (Å²) in [7, 11) is 0. The molecular formula is C10H8Br2S2. The highest BCUT2D eigenvalue weighted by molar-refractivity contribution is 9.11. The van der Waals surface area contributed by atoms with Gasteiger partial charge >= 0.3 is 0 Å². The van der Waals surface area contributed by atoms with Crippen LogP contribution in [0.25, 0.3) is 0 Å². The van der Waals surface area contributed by atoms with Gasteiger partial charge in [0.25, 0.3) is 0 Å². The molecule has 0 N–H and O–H groups in total. The van der Waals surface area contributed by atoms with Crippen LogP contribution in [0.1, 0.15) is 20.1 Å². The summed E-state index contributed by atoms with van der Waals surface area (Å²) >= 11 is 10.9. The molecule has 0 aliphatic carbocycles. The molecule has 2 aromatic heterocycles. The molecule has 0 radical (unpaired) electrons. The summed E-state index contributed by atoms with van der Waals surface area (Å²) in [6.07, 6.45) is 0. The molecule has 0 aliphatic heterocycles. The molecule has 0 saturated carbocycles.